The highest BCUT2D eigenvalue weighted by Crippen LogP contribution is 2.28. The second-order valence-corrected chi connectivity index (χ2v) is 7.90. The normalized spacial score (nSPS) is 16.0. The van der Waals surface area contributed by atoms with Crippen molar-refractivity contribution in [2.45, 2.75) is 65.1 Å². The SMILES string of the molecule is CCC(C)N(Cc1cccn1Cc1cccc(Cl)c1)C(=O)C1CCCC1. The van der Waals surface area contributed by atoms with Gasteiger partial charge in [0.05, 0.1) is 6.54 Å². The van der Waals surface area contributed by atoms with E-state index in [-0.39, 0.29) is 12.0 Å². The molecule has 0 bridgehead atoms. The van der Waals surface area contributed by atoms with Crippen LogP contribution in [0.25, 0.3) is 0 Å². The summed E-state index contributed by atoms with van der Waals surface area (Å²) in [5.74, 6) is 0.563. The maximum Gasteiger partial charge on any atom is 0.226 e. The Morgan fingerprint density at radius 2 is 2.04 bits per heavy atom. The molecule has 1 heterocycles. The van der Waals surface area contributed by atoms with Gasteiger partial charge in [-0.15, -0.1) is 0 Å². The fraction of sp³-hybridized carbons (Fsp3) is 0.500. The van der Waals surface area contributed by atoms with E-state index in [1.165, 1.54) is 24.1 Å². The van der Waals surface area contributed by atoms with Crippen LogP contribution in [-0.4, -0.2) is 21.4 Å². The Morgan fingerprint density at radius 3 is 2.73 bits per heavy atom. The van der Waals surface area contributed by atoms with Crippen molar-refractivity contribution < 1.29 is 4.79 Å². The lowest BCUT2D eigenvalue weighted by Gasteiger charge is -2.31. The van der Waals surface area contributed by atoms with Gasteiger partial charge in [-0.2, -0.15) is 0 Å². The molecule has 1 aromatic carbocycles. The van der Waals surface area contributed by atoms with Crippen LogP contribution in [0, 0.1) is 5.92 Å². The number of carbonyl (C=O) groups excluding carboxylic acids is 1. The molecular formula is C22H29ClN2O. The molecule has 140 valence electrons. The minimum atomic E-state index is 0.223. The van der Waals surface area contributed by atoms with Crippen LogP contribution in [-0.2, 0) is 17.9 Å². The summed E-state index contributed by atoms with van der Waals surface area (Å²) in [5, 5.41) is 0.758. The Kier molecular flexibility index (Phi) is 6.42. The quantitative estimate of drug-likeness (QED) is 0.629. The topological polar surface area (TPSA) is 25.2 Å². The molecule has 3 rings (SSSR count). The van der Waals surface area contributed by atoms with Crippen LogP contribution in [0.15, 0.2) is 42.6 Å². The van der Waals surface area contributed by atoms with E-state index >= 15 is 0 Å². The predicted octanol–water partition coefficient (Wildman–Crippen LogP) is 5.51. The number of amides is 1. The first-order valence-corrected chi connectivity index (χ1v) is 10.1. The fourth-order valence-electron chi connectivity index (χ4n) is 3.83. The summed E-state index contributed by atoms with van der Waals surface area (Å²) in [4.78, 5) is 15.2. The molecule has 0 N–H and O–H groups in total. The zero-order chi connectivity index (χ0) is 18.5. The van der Waals surface area contributed by atoms with E-state index in [0.717, 1.165) is 30.8 Å². The first-order valence-electron chi connectivity index (χ1n) is 9.77. The molecule has 1 unspecified atom stereocenters. The monoisotopic (exact) mass is 372 g/mol. The van der Waals surface area contributed by atoms with Crippen LogP contribution < -0.4 is 0 Å². The zero-order valence-electron chi connectivity index (χ0n) is 15.8. The van der Waals surface area contributed by atoms with Crippen LogP contribution in [0.4, 0.5) is 0 Å². The first kappa shape index (κ1) is 19.0. The molecule has 1 saturated carbocycles. The van der Waals surface area contributed by atoms with Crippen molar-refractivity contribution in [1.82, 2.24) is 9.47 Å². The number of benzene rings is 1. The maximum atomic E-state index is 13.1. The van der Waals surface area contributed by atoms with Gasteiger partial charge < -0.3 is 9.47 Å². The third-order valence-electron chi connectivity index (χ3n) is 5.61. The largest absolute Gasteiger partial charge is 0.345 e. The van der Waals surface area contributed by atoms with E-state index in [1.807, 2.05) is 18.2 Å². The molecule has 2 aromatic rings. The van der Waals surface area contributed by atoms with E-state index in [4.69, 9.17) is 11.6 Å². The Bertz CT molecular complexity index is 733. The van der Waals surface area contributed by atoms with Gasteiger partial charge in [0.25, 0.3) is 0 Å². The Hall–Kier alpha value is -1.74. The second kappa shape index (κ2) is 8.77. The van der Waals surface area contributed by atoms with Gasteiger partial charge >= 0.3 is 0 Å². The van der Waals surface area contributed by atoms with Gasteiger partial charge in [0.15, 0.2) is 0 Å². The van der Waals surface area contributed by atoms with Crippen LogP contribution in [0.2, 0.25) is 5.02 Å². The smallest absolute Gasteiger partial charge is 0.226 e. The maximum absolute atomic E-state index is 13.1. The lowest BCUT2D eigenvalue weighted by atomic mass is 10.0. The minimum Gasteiger partial charge on any atom is -0.345 e. The highest BCUT2D eigenvalue weighted by molar-refractivity contribution is 6.30. The van der Waals surface area contributed by atoms with Crippen molar-refractivity contribution in [1.29, 1.82) is 0 Å². The van der Waals surface area contributed by atoms with Gasteiger partial charge in [-0.05, 0) is 56.0 Å². The van der Waals surface area contributed by atoms with Gasteiger partial charge in [-0.25, -0.2) is 0 Å². The molecular weight excluding hydrogens is 344 g/mol. The fourth-order valence-corrected chi connectivity index (χ4v) is 4.05. The number of aromatic nitrogens is 1. The lowest BCUT2D eigenvalue weighted by molar-refractivity contribution is -0.138. The van der Waals surface area contributed by atoms with Crippen molar-refractivity contribution in [2.24, 2.45) is 5.92 Å². The van der Waals surface area contributed by atoms with Crippen LogP contribution in [0.3, 0.4) is 0 Å². The summed E-state index contributed by atoms with van der Waals surface area (Å²) in [6.07, 6.45) is 7.55. The summed E-state index contributed by atoms with van der Waals surface area (Å²) in [5.41, 5.74) is 2.35. The molecule has 3 nitrogen and oxygen atoms in total. The summed E-state index contributed by atoms with van der Waals surface area (Å²) in [7, 11) is 0. The van der Waals surface area contributed by atoms with Crippen LogP contribution in [0.1, 0.15) is 57.2 Å². The molecule has 4 heteroatoms. The van der Waals surface area contributed by atoms with E-state index in [0.29, 0.717) is 12.5 Å². The van der Waals surface area contributed by atoms with Crippen molar-refractivity contribution >= 4 is 17.5 Å². The van der Waals surface area contributed by atoms with Gasteiger partial charge in [0, 0.05) is 35.4 Å². The van der Waals surface area contributed by atoms with E-state index in [2.05, 4.69) is 47.7 Å². The Balaban J connectivity index is 1.77. The second-order valence-electron chi connectivity index (χ2n) is 7.46. The van der Waals surface area contributed by atoms with E-state index < -0.39 is 0 Å². The number of hydrogen-bond acceptors (Lipinski definition) is 1. The third kappa shape index (κ3) is 4.50. The summed E-state index contributed by atoms with van der Waals surface area (Å²) in [6.45, 7) is 5.77. The van der Waals surface area contributed by atoms with E-state index in [1.54, 1.807) is 0 Å². The average molecular weight is 373 g/mol. The molecule has 0 saturated heterocycles. The standard InChI is InChI=1S/C22H29ClN2O/c1-3-17(2)25(22(26)19-9-4-5-10-19)16-21-12-7-13-24(21)15-18-8-6-11-20(23)14-18/h6-8,11-14,17,19H,3-5,9-10,15-16H2,1-2H3. The minimum absolute atomic E-state index is 0.223. The zero-order valence-corrected chi connectivity index (χ0v) is 16.6. The van der Waals surface area contributed by atoms with Crippen molar-refractivity contribution in [3.8, 4) is 0 Å². The van der Waals surface area contributed by atoms with Gasteiger partial charge in [0.1, 0.15) is 0 Å². The third-order valence-corrected chi connectivity index (χ3v) is 5.84. The first-order chi connectivity index (χ1) is 12.6. The number of nitrogens with zero attached hydrogens (tertiary/aromatic N) is 2. The van der Waals surface area contributed by atoms with Gasteiger partial charge in [-0.3, -0.25) is 4.79 Å². The van der Waals surface area contributed by atoms with Crippen molar-refractivity contribution in [3.63, 3.8) is 0 Å². The van der Waals surface area contributed by atoms with Crippen LogP contribution in [0.5, 0.6) is 0 Å². The number of carbonyl (C=O) groups is 1. The Morgan fingerprint density at radius 1 is 1.27 bits per heavy atom. The summed E-state index contributed by atoms with van der Waals surface area (Å²) < 4.78 is 2.23. The summed E-state index contributed by atoms with van der Waals surface area (Å²) >= 11 is 6.12. The summed E-state index contributed by atoms with van der Waals surface area (Å²) in [6, 6.07) is 12.4. The van der Waals surface area contributed by atoms with E-state index in [9.17, 15) is 4.79 Å². The molecule has 0 aliphatic heterocycles. The molecule has 1 atom stereocenters. The highest BCUT2D eigenvalue weighted by Gasteiger charge is 2.29. The molecule has 1 fully saturated rings. The number of hydrogen-bond donors (Lipinski definition) is 0. The molecule has 0 spiro atoms. The molecule has 1 aliphatic rings. The van der Waals surface area contributed by atoms with Gasteiger partial charge in [-0.1, -0.05) is 43.5 Å². The highest BCUT2D eigenvalue weighted by atomic mass is 35.5. The van der Waals surface area contributed by atoms with Crippen LogP contribution >= 0.6 is 11.6 Å². The molecule has 26 heavy (non-hydrogen) atoms. The van der Waals surface area contributed by atoms with Gasteiger partial charge in [0.2, 0.25) is 5.91 Å². The average Bonchev–Trinajstić information content (AvgIpc) is 3.31. The lowest BCUT2D eigenvalue weighted by Crippen LogP contribution is -2.41. The molecule has 1 aliphatic carbocycles. The van der Waals surface area contributed by atoms with Crippen molar-refractivity contribution in [2.75, 3.05) is 0 Å². The Labute approximate surface area is 162 Å². The number of halogens is 1. The number of rotatable bonds is 7. The van der Waals surface area contributed by atoms with Crippen molar-refractivity contribution in [3.05, 3.63) is 58.9 Å². The molecule has 1 aromatic heterocycles. The molecule has 0 radical (unpaired) electrons. The predicted molar refractivity (Wildman–Crippen MR) is 107 cm³/mol. The molecule has 1 amide bonds.